The third-order valence-electron chi connectivity index (χ3n) is 7.70. The molecule has 35 heavy (non-hydrogen) atoms. The van der Waals surface area contributed by atoms with E-state index in [2.05, 4.69) is 76.5 Å². The van der Waals surface area contributed by atoms with Gasteiger partial charge in [-0.1, -0.05) is 54.6 Å². The van der Waals surface area contributed by atoms with Gasteiger partial charge < -0.3 is 14.5 Å². The van der Waals surface area contributed by atoms with E-state index in [4.69, 9.17) is 4.74 Å². The van der Waals surface area contributed by atoms with Crippen LogP contribution in [0.4, 0.5) is 5.69 Å². The van der Waals surface area contributed by atoms with Crippen molar-refractivity contribution in [3.8, 4) is 11.1 Å². The maximum absolute atomic E-state index is 11.0. The SMILES string of the molecule is O=Cc1ccc(N2CCC(Cc3ccccc3-c3ccccc3)(OCCN3CCCC3)CC2)cc1. The van der Waals surface area contributed by atoms with Crippen LogP contribution in [0, 0.1) is 0 Å². The average Bonchev–Trinajstić information content (AvgIpc) is 3.44. The lowest BCUT2D eigenvalue weighted by Crippen LogP contribution is -2.48. The lowest BCUT2D eigenvalue weighted by molar-refractivity contribution is -0.0663. The standard InChI is InChI=1S/C31H36N2O2/c34-25-26-12-14-29(15-13-26)33-20-16-31(17-21-33,35-23-22-32-18-6-7-19-32)24-28-10-4-5-11-30(28)27-8-2-1-3-9-27/h1-5,8-15,25H,6-7,16-24H2. The van der Waals surface area contributed by atoms with E-state index in [1.807, 2.05) is 12.1 Å². The van der Waals surface area contributed by atoms with Crippen molar-refractivity contribution in [2.45, 2.75) is 37.7 Å². The van der Waals surface area contributed by atoms with Crippen LogP contribution in [0.3, 0.4) is 0 Å². The summed E-state index contributed by atoms with van der Waals surface area (Å²) in [6.07, 6.45) is 6.44. The van der Waals surface area contributed by atoms with E-state index >= 15 is 0 Å². The molecule has 2 aliphatic rings. The molecule has 2 fully saturated rings. The summed E-state index contributed by atoms with van der Waals surface area (Å²) >= 11 is 0. The summed E-state index contributed by atoms with van der Waals surface area (Å²) in [7, 11) is 0. The van der Waals surface area contributed by atoms with Gasteiger partial charge in [-0.05, 0) is 79.7 Å². The number of anilines is 1. The molecule has 0 atom stereocenters. The van der Waals surface area contributed by atoms with E-state index in [0.717, 1.165) is 57.4 Å². The van der Waals surface area contributed by atoms with Crippen molar-refractivity contribution in [1.82, 2.24) is 4.90 Å². The number of rotatable bonds is 9. The van der Waals surface area contributed by atoms with Crippen LogP contribution in [0.5, 0.6) is 0 Å². The highest BCUT2D eigenvalue weighted by Crippen LogP contribution is 2.35. The molecule has 5 rings (SSSR count). The molecule has 2 heterocycles. The quantitative estimate of drug-likeness (QED) is 0.368. The number of nitrogens with zero attached hydrogens (tertiary/aromatic N) is 2. The van der Waals surface area contributed by atoms with Gasteiger partial charge in [-0.2, -0.15) is 0 Å². The van der Waals surface area contributed by atoms with Gasteiger partial charge in [0.15, 0.2) is 0 Å². The fraction of sp³-hybridized carbons (Fsp3) is 0.387. The second kappa shape index (κ2) is 11.2. The van der Waals surface area contributed by atoms with Crippen molar-refractivity contribution in [3.63, 3.8) is 0 Å². The molecule has 0 amide bonds. The van der Waals surface area contributed by atoms with Gasteiger partial charge in [-0.3, -0.25) is 4.79 Å². The van der Waals surface area contributed by atoms with E-state index < -0.39 is 0 Å². The molecule has 2 saturated heterocycles. The van der Waals surface area contributed by atoms with E-state index in [1.165, 1.54) is 48.3 Å². The number of benzene rings is 3. The van der Waals surface area contributed by atoms with Gasteiger partial charge >= 0.3 is 0 Å². The second-order valence-electron chi connectivity index (χ2n) is 9.98. The first-order valence-electron chi connectivity index (χ1n) is 13.0. The number of hydrogen-bond acceptors (Lipinski definition) is 4. The van der Waals surface area contributed by atoms with Gasteiger partial charge in [0.05, 0.1) is 12.2 Å². The predicted molar refractivity (Wildman–Crippen MR) is 143 cm³/mol. The fourth-order valence-electron chi connectivity index (χ4n) is 5.63. The zero-order valence-electron chi connectivity index (χ0n) is 20.6. The predicted octanol–water partition coefficient (Wildman–Crippen LogP) is 5.86. The van der Waals surface area contributed by atoms with Gasteiger partial charge in [-0.15, -0.1) is 0 Å². The van der Waals surface area contributed by atoms with Crippen LogP contribution in [-0.2, 0) is 11.2 Å². The summed E-state index contributed by atoms with van der Waals surface area (Å²) in [4.78, 5) is 16.0. The summed E-state index contributed by atoms with van der Waals surface area (Å²) in [5, 5.41) is 0. The smallest absolute Gasteiger partial charge is 0.150 e. The Morgan fingerprint density at radius 2 is 1.49 bits per heavy atom. The van der Waals surface area contributed by atoms with Gasteiger partial charge in [-0.25, -0.2) is 0 Å². The number of ether oxygens (including phenoxy) is 1. The monoisotopic (exact) mass is 468 g/mol. The van der Waals surface area contributed by atoms with Crippen LogP contribution in [0.2, 0.25) is 0 Å². The molecule has 0 radical (unpaired) electrons. The molecular formula is C31H36N2O2. The minimum absolute atomic E-state index is 0.163. The second-order valence-corrected chi connectivity index (χ2v) is 9.98. The lowest BCUT2D eigenvalue weighted by atomic mass is 9.82. The Hall–Kier alpha value is -2.95. The van der Waals surface area contributed by atoms with E-state index in [0.29, 0.717) is 0 Å². The molecule has 0 unspecified atom stereocenters. The third-order valence-corrected chi connectivity index (χ3v) is 7.70. The van der Waals surface area contributed by atoms with Crippen molar-refractivity contribution in [2.24, 2.45) is 0 Å². The maximum atomic E-state index is 11.0. The molecule has 0 saturated carbocycles. The van der Waals surface area contributed by atoms with Crippen LogP contribution >= 0.6 is 0 Å². The van der Waals surface area contributed by atoms with Gasteiger partial charge in [0.1, 0.15) is 6.29 Å². The Bertz CT molecular complexity index is 1080. The van der Waals surface area contributed by atoms with Crippen LogP contribution in [-0.4, -0.2) is 56.1 Å². The first kappa shape index (κ1) is 23.8. The first-order chi connectivity index (χ1) is 17.2. The summed E-state index contributed by atoms with van der Waals surface area (Å²) in [5.74, 6) is 0. The van der Waals surface area contributed by atoms with Crippen LogP contribution < -0.4 is 4.90 Å². The van der Waals surface area contributed by atoms with Crippen molar-refractivity contribution in [3.05, 3.63) is 90.0 Å². The Labute approximate surface area is 209 Å². The summed E-state index contributed by atoms with van der Waals surface area (Å²) < 4.78 is 6.83. The molecule has 182 valence electrons. The third kappa shape index (κ3) is 5.83. The molecule has 0 spiro atoms. The number of carbonyl (C=O) groups is 1. The maximum Gasteiger partial charge on any atom is 0.150 e. The van der Waals surface area contributed by atoms with Gasteiger partial charge in [0.2, 0.25) is 0 Å². The van der Waals surface area contributed by atoms with Crippen LogP contribution in [0.1, 0.15) is 41.6 Å². The number of aldehydes is 1. The topological polar surface area (TPSA) is 32.8 Å². The van der Waals surface area contributed by atoms with Crippen LogP contribution in [0.25, 0.3) is 11.1 Å². The van der Waals surface area contributed by atoms with Crippen molar-refractivity contribution >= 4 is 12.0 Å². The van der Waals surface area contributed by atoms with Crippen LogP contribution in [0.15, 0.2) is 78.9 Å². The number of likely N-dealkylation sites (tertiary alicyclic amines) is 1. The summed E-state index contributed by atoms with van der Waals surface area (Å²) in [5.41, 5.74) is 5.69. The average molecular weight is 469 g/mol. The van der Waals surface area contributed by atoms with E-state index in [9.17, 15) is 4.79 Å². The largest absolute Gasteiger partial charge is 0.373 e. The van der Waals surface area contributed by atoms with E-state index in [1.54, 1.807) is 0 Å². The molecule has 4 heteroatoms. The Morgan fingerprint density at radius 3 is 2.20 bits per heavy atom. The Kier molecular flexibility index (Phi) is 7.60. The minimum Gasteiger partial charge on any atom is -0.373 e. The first-order valence-corrected chi connectivity index (χ1v) is 13.0. The summed E-state index contributed by atoms with van der Waals surface area (Å²) in [6.45, 7) is 6.14. The zero-order valence-corrected chi connectivity index (χ0v) is 20.6. The molecule has 0 N–H and O–H groups in total. The van der Waals surface area contributed by atoms with Crippen molar-refractivity contribution < 1.29 is 9.53 Å². The number of carbonyl (C=O) groups excluding carboxylic acids is 1. The molecule has 0 aliphatic carbocycles. The molecule has 0 aromatic heterocycles. The van der Waals surface area contributed by atoms with Crippen molar-refractivity contribution in [1.29, 1.82) is 0 Å². The summed E-state index contributed by atoms with van der Waals surface area (Å²) in [6, 6.07) is 27.5. The lowest BCUT2D eigenvalue weighted by Gasteiger charge is -2.43. The van der Waals surface area contributed by atoms with Gasteiger partial charge in [0.25, 0.3) is 0 Å². The highest BCUT2D eigenvalue weighted by Gasteiger charge is 2.36. The highest BCUT2D eigenvalue weighted by molar-refractivity contribution is 5.75. The zero-order chi connectivity index (χ0) is 23.9. The normalized spacial score (nSPS) is 18.0. The number of piperidine rings is 1. The Balaban J connectivity index is 1.34. The number of hydrogen-bond donors (Lipinski definition) is 0. The molecule has 0 bridgehead atoms. The Morgan fingerprint density at radius 1 is 0.800 bits per heavy atom. The molecular weight excluding hydrogens is 432 g/mol. The molecule has 4 nitrogen and oxygen atoms in total. The van der Waals surface area contributed by atoms with E-state index in [-0.39, 0.29) is 5.60 Å². The molecule has 3 aromatic rings. The highest BCUT2D eigenvalue weighted by atomic mass is 16.5. The molecule has 2 aliphatic heterocycles. The minimum atomic E-state index is -0.163. The fourth-order valence-corrected chi connectivity index (χ4v) is 5.63. The van der Waals surface area contributed by atoms with Crippen molar-refractivity contribution in [2.75, 3.05) is 44.2 Å². The molecule has 3 aromatic carbocycles. The van der Waals surface area contributed by atoms with Gasteiger partial charge in [0, 0.05) is 37.3 Å².